The largest absolute Gasteiger partial charge is 0.389 e. The fourth-order valence-electron chi connectivity index (χ4n) is 4.22. The number of rotatable bonds is 5. The first-order valence-corrected chi connectivity index (χ1v) is 10.5. The van der Waals surface area contributed by atoms with Gasteiger partial charge in [0, 0.05) is 25.5 Å². The fraction of sp³-hybridized carbons (Fsp3) is 0.500. The Kier molecular flexibility index (Phi) is 5.05. The molecule has 3 aromatic rings. The molecule has 31 heavy (non-hydrogen) atoms. The fourth-order valence-corrected chi connectivity index (χ4v) is 4.22. The normalized spacial score (nSPS) is 18.0. The molecule has 2 N–H and O–H groups in total. The van der Waals surface area contributed by atoms with Gasteiger partial charge in [0.1, 0.15) is 11.4 Å². The number of hydrogen-bond acceptors (Lipinski definition) is 6. The monoisotopic (exact) mass is 431 g/mol. The van der Waals surface area contributed by atoms with E-state index in [9.17, 15) is 18.7 Å². The molecular formula is C20H23F2N7O2. The van der Waals surface area contributed by atoms with Crippen LogP contribution in [-0.4, -0.2) is 54.6 Å². The van der Waals surface area contributed by atoms with Crippen molar-refractivity contribution in [2.24, 2.45) is 0 Å². The zero-order chi connectivity index (χ0) is 21.5. The number of nitrogens with zero attached hydrogens (tertiary/aromatic N) is 6. The summed E-state index contributed by atoms with van der Waals surface area (Å²) in [5.74, 6) is 0.0409. The third kappa shape index (κ3) is 3.73. The van der Waals surface area contributed by atoms with Crippen molar-refractivity contribution in [2.45, 2.75) is 50.7 Å². The molecule has 9 nitrogen and oxygen atoms in total. The van der Waals surface area contributed by atoms with Crippen LogP contribution in [0, 0.1) is 0 Å². The van der Waals surface area contributed by atoms with E-state index in [2.05, 4.69) is 20.5 Å². The molecule has 0 spiro atoms. The molecular weight excluding hydrogens is 408 g/mol. The first-order chi connectivity index (χ1) is 15.0. The van der Waals surface area contributed by atoms with E-state index in [4.69, 9.17) is 0 Å². The first-order valence-electron chi connectivity index (χ1n) is 10.5. The van der Waals surface area contributed by atoms with Crippen molar-refractivity contribution >= 4 is 23.1 Å². The van der Waals surface area contributed by atoms with Crippen molar-refractivity contribution in [2.75, 3.05) is 23.3 Å². The number of anilines is 2. The Balaban J connectivity index is 1.41. The first kappa shape index (κ1) is 19.9. The van der Waals surface area contributed by atoms with E-state index in [-0.39, 0.29) is 23.4 Å². The van der Waals surface area contributed by atoms with Gasteiger partial charge in [-0.15, -0.1) is 0 Å². The van der Waals surface area contributed by atoms with Gasteiger partial charge in [-0.3, -0.25) is 9.48 Å². The molecule has 1 saturated heterocycles. The number of β-amino-alcohol motifs (C(OH)–C–C–N with tert-alkyl or cyclic N) is 1. The van der Waals surface area contributed by atoms with E-state index < -0.39 is 18.0 Å². The van der Waals surface area contributed by atoms with Gasteiger partial charge in [0.25, 0.3) is 12.3 Å². The standard InChI is InChI=1S/C20H23F2N7O2/c21-18(22)17-15(11-29(26-17)12-4-2-1-3-5-12)24-20(31)14-8-23-28-7-6-16(25-19(14)28)27-9-13(30)10-27/h6-8,11-13,18,30H,1-5,9-10H2,(H,24,31). The summed E-state index contributed by atoms with van der Waals surface area (Å²) in [6, 6.07) is 1.82. The number of fused-ring (bicyclic) bond motifs is 1. The van der Waals surface area contributed by atoms with Crippen molar-refractivity contribution in [3.63, 3.8) is 0 Å². The maximum absolute atomic E-state index is 13.6. The van der Waals surface area contributed by atoms with Crippen molar-refractivity contribution in [3.8, 4) is 0 Å². The van der Waals surface area contributed by atoms with Gasteiger partial charge in [-0.05, 0) is 18.9 Å². The Labute approximate surface area is 176 Å². The van der Waals surface area contributed by atoms with Crippen LogP contribution in [0.15, 0.2) is 24.7 Å². The molecule has 0 radical (unpaired) electrons. The Morgan fingerprint density at radius 3 is 2.71 bits per heavy atom. The van der Waals surface area contributed by atoms with E-state index >= 15 is 0 Å². The van der Waals surface area contributed by atoms with Gasteiger partial charge in [-0.25, -0.2) is 18.3 Å². The van der Waals surface area contributed by atoms with Gasteiger partial charge in [0.15, 0.2) is 11.3 Å². The molecule has 1 amide bonds. The van der Waals surface area contributed by atoms with Gasteiger partial charge in [-0.1, -0.05) is 19.3 Å². The summed E-state index contributed by atoms with van der Waals surface area (Å²) in [6.45, 7) is 0.938. The minimum atomic E-state index is -2.80. The van der Waals surface area contributed by atoms with Crippen LogP contribution in [-0.2, 0) is 0 Å². The highest BCUT2D eigenvalue weighted by molar-refractivity contribution is 6.08. The lowest BCUT2D eigenvalue weighted by Gasteiger charge is -2.36. The summed E-state index contributed by atoms with van der Waals surface area (Å²) in [4.78, 5) is 19.3. The molecule has 0 bridgehead atoms. The van der Waals surface area contributed by atoms with Crippen LogP contribution in [0.3, 0.4) is 0 Å². The van der Waals surface area contributed by atoms with Gasteiger partial charge in [0.2, 0.25) is 0 Å². The number of aliphatic hydroxyl groups excluding tert-OH is 1. The molecule has 4 heterocycles. The summed E-state index contributed by atoms with van der Waals surface area (Å²) in [5.41, 5.74) is 0.0637. The topological polar surface area (TPSA) is 101 Å². The minimum absolute atomic E-state index is 0.00643. The molecule has 3 aromatic heterocycles. The van der Waals surface area contributed by atoms with Crippen LogP contribution in [0.2, 0.25) is 0 Å². The zero-order valence-corrected chi connectivity index (χ0v) is 16.8. The second kappa shape index (κ2) is 7.88. The average molecular weight is 431 g/mol. The number of nitrogens with one attached hydrogen (secondary N) is 1. The second-order valence-corrected chi connectivity index (χ2v) is 8.13. The molecule has 0 aromatic carbocycles. The van der Waals surface area contributed by atoms with Crippen LogP contribution < -0.4 is 10.2 Å². The van der Waals surface area contributed by atoms with E-state index in [1.807, 2.05) is 4.90 Å². The number of aromatic nitrogens is 5. The van der Waals surface area contributed by atoms with Gasteiger partial charge >= 0.3 is 0 Å². The predicted molar refractivity (Wildman–Crippen MR) is 108 cm³/mol. The molecule has 0 atom stereocenters. The van der Waals surface area contributed by atoms with Crippen molar-refractivity contribution in [3.05, 3.63) is 35.9 Å². The Hall–Kier alpha value is -3.08. The molecule has 1 aliphatic carbocycles. The number of carbonyl (C=O) groups is 1. The Bertz CT molecular complexity index is 1100. The highest BCUT2D eigenvalue weighted by atomic mass is 19.3. The maximum Gasteiger partial charge on any atom is 0.284 e. The SMILES string of the molecule is O=C(Nc1cn(C2CCCCC2)nc1C(F)F)c1cnn2ccc(N3CC(O)C3)nc12. The van der Waals surface area contributed by atoms with Gasteiger partial charge in [0.05, 0.1) is 24.0 Å². The third-order valence-corrected chi connectivity index (χ3v) is 5.95. The quantitative estimate of drug-likeness (QED) is 0.644. The molecule has 164 valence electrons. The molecule has 1 saturated carbocycles. The Morgan fingerprint density at radius 1 is 1.23 bits per heavy atom. The highest BCUT2D eigenvalue weighted by Crippen LogP contribution is 2.32. The van der Waals surface area contributed by atoms with Crippen molar-refractivity contribution < 1.29 is 18.7 Å². The van der Waals surface area contributed by atoms with Crippen LogP contribution in [0.5, 0.6) is 0 Å². The number of carbonyl (C=O) groups excluding carboxylic acids is 1. The lowest BCUT2D eigenvalue weighted by Crippen LogP contribution is -2.51. The summed E-state index contributed by atoms with van der Waals surface area (Å²) in [6.07, 6.45) is 6.36. The average Bonchev–Trinajstić information content (AvgIpc) is 3.36. The summed E-state index contributed by atoms with van der Waals surface area (Å²) >= 11 is 0. The molecule has 2 fully saturated rings. The molecule has 0 unspecified atom stereocenters. The number of hydrogen-bond donors (Lipinski definition) is 2. The van der Waals surface area contributed by atoms with Crippen molar-refractivity contribution in [1.82, 2.24) is 24.4 Å². The van der Waals surface area contributed by atoms with Gasteiger partial charge < -0.3 is 15.3 Å². The van der Waals surface area contributed by atoms with E-state index in [1.54, 1.807) is 16.9 Å². The van der Waals surface area contributed by atoms with Crippen LogP contribution in [0.4, 0.5) is 20.3 Å². The minimum Gasteiger partial charge on any atom is -0.389 e. The zero-order valence-electron chi connectivity index (χ0n) is 16.8. The molecule has 1 aliphatic heterocycles. The van der Waals surface area contributed by atoms with Crippen LogP contribution >= 0.6 is 0 Å². The van der Waals surface area contributed by atoms with E-state index in [1.165, 1.54) is 16.9 Å². The highest BCUT2D eigenvalue weighted by Gasteiger charge is 2.27. The number of aliphatic hydroxyl groups is 1. The maximum atomic E-state index is 13.6. The predicted octanol–water partition coefficient (Wildman–Crippen LogP) is 2.80. The lowest BCUT2D eigenvalue weighted by molar-refractivity contribution is 0.102. The molecule has 2 aliphatic rings. The summed E-state index contributed by atoms with van der Waals surface area (Å²) < 4.78 is 30.2. The third-order valence-electron chi connectivity index (χ3n) is 5.95. The molecule has 11 heteroatoms. The van der Waals surface area contributed by atoms with Crippen LogP contribution in [0.25, 0.3) is 5.65 Å². The molecule has 5 rings (SSSR count). The summed E-state index contributed by atoms with van der Waals surface area (Å²) in [5, 5.41) is 20.3. The lowest BCUT2D eigenvalue weighted by atomic mass is 9.96. The van der Waals surface area contributed by atoms with E-state index in [0.717, 1.165) is 32.1 Å². The van der Waals surface area contributed by atoms with Gasteiger partial charge in [-0.2, -0.15) is 10.2 Å². The number of alkyl halides is 2. The second-order valence-electron chi connectivity index (χ2n) is 8.13. The Morgan fingerprint density at radius 2 is 2.00 bits per heavy atom. The summed E-state index contributed by atoms with van der Waals surface area (Å²) in [7, 11) is 0. The van der Waals surface area contributed by atoms with Crippen LogP contribution in [0.1, 0.15) is 60.6 Å². The number of halogens is 2. The van der Waals surface area contributed by atoms with Crippen molar-refractivity contribution in [1.29, 1.82) is 0 Å². The number of amides is 1. The smallest absolute Gasteiger partial charge is 0.284 e. The van der Waals surface area contributed by atoms with E-state index in [0.29, 0.717) is 24.6 Å².